The molecule has 21 heavy (non-hydrogen) atoms. The van der Waals surface area contributed by atoms with Gasteiger partial charge in [-0.05, 0) is 40.2 Å². The maximum absolute atomic E-state index is 12.7. The summed E-state index contributed by atoms with van der Waals surface area (Å²) < 4.78 is 32.5. The van der Waals surface area contributed by atoms with Gasteiger partial charge in [-0.3, -0.25) is 4.57 Å². The highest BCUT2D eigenvalue weighted by molar-refractivity contribution is 9.10. The minimum absolute atomic E-state index is 0.0114. The van der Waals surface area contributed by atoms with E-state index >= 15 is 0 Å². The Hall–Kier alpha value is -1.47. The Balaban J connectivity index is 2.01. The molecule has 1 N–H and O–H groups in total. The molecule has 1 aromatic heterocycles. The van der Waals surface area contributed by atoms with Crippen molar-refractivity contribution in [2.75, 3.05) is 6.54 Å². The summed E-state index contributed by atoms with van der Waals surface area (Å²) in [6, 6.07) is 5.69. The van der Waals surface area contributed by atoms with Crippen LogP contribution in [0, 0.1) is 0 Å². The Kier molecular flexibility index (Phi) is 5.69. The molecule has 0 aliphatic rings. The predicted molar refractivity (Wildman–Crippen MR) is 79.3 cm³/mol. The smallest absolute Gasteiger partial charge is 0.320 e. The fraction of sp³-hybridized carbons (Fsp3) is 0.357. The minimum atomic E-state index is -2.61. The van der Waals surface area contributed by atoms with Crippen molar-refractivity contribution in [2.45, 2.75) is 26.6 Å². The molecule has 0 amide bonds. The fourth-order valence-corrected chi connectivity index (χ4v) is 2.36. The molecule has 7 heteroatoms. The summed E-state index contributed by atoms with van der Waals surface area (Å²) in [5.74, 6) is 0.785. The second-order valence-corrected chi connectivity index (χ2v) is 5.22. The monoisotopic (exact) mass is 359 g/mol. The molecule has 0 spiro atoms. The van der Waals surface area contributed by atoms with Gasteiger partial charge in [-0.1, -0.05) is 13.0 Å². The zero-order chi connectivity index (χ0) is 15.2. The van der Waals surface area contributed by atoms with Crippen LogP contribution in [0.3, 0.4) is 0 Å². The molecule has 0 saturated heterocycles. The lowest BCUT2D eigenvalue weighted by atomic mass is 10.2. The van der Waals surface area contributed by atoms with E-state index in [1.54, 1.807) is 0 Å². The van der Waals surface area contributed by atoms with Gasteiger partial charge in [-0.2, -0.15) is 8.78 Å². The fourth-order valence-electron chi connectivity index (χ4n) is 1.82. The first-order chi connectivity index (χ1) is 10.1. The molecule has 0 aliphatic carbocycles. The number of halogens is 3. The second-order valence-electron chi connectivity index (χ2n) is 4.36. The Morgan fingerprint density at radius 1 is 1.43 bits per heavy atom. The van der Waals surface area contributed by atoms with Crippen molar-refractivity contribution in [1.82, 2.24) is 14.9 Å². The zero-order valence-corrected chi connectivity index (χ0v) is 13.1. The van der Waals surface area contributed by atoms with E-state index in [-0.39, 0.29) is 12.4 Å². The first-order valence-electron chi connectivity index (χ1n) is 6.53. The first kappa shape index (κ1) is 15.9. The number of aromatic nitrogens is 2. The molecule has 0 unspecified atom stereocenters. The SMILES string of the molecule is CCNCc1ccc(OCc2nccn2C(F)F)c(Br)c1. The van der Waals surface area contributed by atoms with Crippen molar-refractivity contribution < 1.29 is 13.5 Å². The lowest BCUT2D eigenvalue weighted by Gasteiger charge is -2.11. The summed E-state index contributed by atoms with van der Waals surface area (Å²) in [6.07, 6.45) is 2.57. The van der Waals surface area contributed by atoms with Crippen molar-refractivity contribution in [1.29, 1.82) is 0 Å². The van der Waals surface area contributed by atoms with Crippen molar-refractivity contribution in [3.8, 4) is 5.75 Å². The van der Waals surface area contributed by atoms with Crippen LogP contribution in [0.4, 0.5) is 8.78 Å². The summed E-state index contributed by atoms with van der Waals surface area (Å²) in [4.78, 5) is 3.87. The molecule has 0 atom stereocenters. The van der Waals surface area contributed by atoms with Crippen molar-refractivity contribution >= 4 is 15.9 Å². The van der Waals surface area contributed by atoms with Gasteiger partial charge >= 0.3 is 6.55 Å². The van der Waals surface area contributed by atoms with E-state index in [9.17, 15) is 8.78 Å². The number of benzene rings is 1. The van der Waals surface area contributed by atoms with Crippen LogP contribution in [-0.2, 0) is 13.2 Å². The summed E-state index contributed by atoms with van der Waals surface area (Å²) in [6.45, 7) is 1.08. The number of hydrogen-bond acceptors (Lipinski definition) is 3. The molecule has 0 saturated carbocycles. The summed E-state index contributed by atoms with van der Waals surface area (Å²) >= 11 is 3.42. The molecule has 0 fully saturated rings. The molecule has 1 aromatic carbocycles. The van der Waals surface area contributed by atoms with E-state index in [0.717, 1.165) is 27.7 Å². The van der Waals surface area contributed by atoms with E-state index in [1.165, 1.54) is 12.4 Å². The van der Waals surface area contributed by atoms with Gasteiger partial charge in [0.2, 0.25) is 0 Å². The van der Waals surface area contributed by atoms with Gasteiger partial charge in [0.15, 0.2) is 5.82 Å². The maximum Gasteiger partial charge on any atom is 0.320 e. The molecule has 2 aromatic rings. The summed E-state index contributed by atoms with van der Waals surface area (Å²) in [7, 11) is 0. The normalized spacial score (nSPS) is 11.1. The summed E-state index contributed by atoms with van der Waals surface area (Å²) in [5, 5.41) is 3.23. The molecule has 0 bridgehead atoms. The van der Waals surface area contributed by atoms with Gasteiger partial charge in [-0.25, -0.2) is 4.98 Å². The quantitative estimate of drug-likeness (QED) is 0.818. The molecular weight excluding hydrogens is 344 g/mol. The zero-order valence-electron chi connectivity index (χ0n) is 11.5. The van der Waals surface area contributed by atoms with Gasteiger partial charge in [0, 0.05) is 18.9 Å². The predicted octanol–water partition coefficient (Wildman–Crippen LogP) is 3.73. The molecular formula is C14H16BrF2N3O. The average molecular weight is 360 g/mol. The third-order valence-corrected chi connectivity index (χ3v) is 3.51. The van der Waals surface area contributed by atoms with E-state index in [2.05, 4.69) is 26.2 Å². The third kappa shape index (κ3) is 4.25. The molecule has 4 nitrogen and oxygen atoms in total. The molecule has 1 heterocycles. The van der Waals surface area contributed by atoms with Gasteiger partial charge < -0.3 is 10.1 Å². The van der Waals surface area contributed by atoms with Crippen LogP contribution in [0.15, 0.2) is 35.1 Å². The maximum atomic E-state index is 12.7. The first-order valence-corrected chi connectivity index (χ1v) is 7.33. The van der Waals surface area contributed by atoms with Gasteiger partial charge in [0.1, 0.15) is 12.4 Å². The van der Waals surface area contributed by atoms with Crippen LogP contribution >= 0.6 is 15.9 Å². The number of imidazole rings is 1. The number of nitrogens with one attached hydrogen (secondary N) is 1. The largest absolute Gasteiger partial charge is 0.484 e. The highest BCUT2D eigenvalue weighted by Gasteiger charge is 2.12. The average Bonchev–Trinajstić information content (AvgIpc) is 2.92. The van der Waals surface area contributed by atoms with Gasteiger partial charge in [0.25, 0.3) is 0 Å². The van der Waals surface area contributed by atoms with Crippen LogP contribution < -0.4 is 10.1 Å². The minimum Gasteiger partial charge on any atom is -0.484 e. The lowest BCUT2D eigenvalue weighted by Crippen LogP contribution is -2.11. The van der Waals surface area contributed by atoms with Crippen LogP contribution in [0.5, 0.6) is 5.75 Å². The molecule has 2 rings (SSSR count). The Bertz CT molecular complexity index is 589. The van der Waals surface area contributed by atoms with Gasteiger partial charge in [-0.15, -0.1) is 0 Å². The number of alkyl halides is 2. The van der Waals surface area contributed by atoms with Gasteiger partial charge in [0.05, 0.1) is 4.47 Å². The lowest BCUT2D eigenvalue weighted by molar-refractivity contribution is 0.0632. The van der Waals surface area contributed by atoms with Crippen LogP contribution in [-0.4, -0.2) is 16.1 Å². The number of hydrogen-bond donors (Lipinski definition) is 1. The Morgan fingerprint density at radius 2 is 2.24 bits per heavy atom. The highest BCUT2D eigenvalue weighted by atomic mass is 79.9. The van der Waals surface area contributed by atoms with Crippen LogP contribution in [0.2, 0.25) is 0 Å². The van der Waals surface area contributed by atoms with E-state index < -0.39 is 6.55 Å². The van der Waals surface area contributed by atoms with Crippen molar-refractivity contribution in [3.05, 3.63) is 46.5 Å². The molecule has 114 valence electrons. The van der Waals surface area contributed by atoms with Crippen molar-refractivity contribution in [2.24, 2.45) is 0 Å². The highest BCUT2D eigenvalue weighted by Crippen LogP contribution is 2.27. The topological polar surface area (TPSA) is 39.1 Å². The standard InChI is InChI=1S/C14H16BrF2N3O/c1-2-18-8-10-3-4-12(11(15)7-10)21-9-13-19-5-6-20(13)14(16)17/h3-7,14,18H,2,8-9H2,1H3. The van der Waals surface area contributed by atoms with E-state index in [0.29, 0.717) is 5.75 Å². The number of rotatable bonds is 7. The summed E-state index contributed by atoms with van der Waals surface area (Å²) in [5.41, 5.74) is 1.12. The number of ether oxygens (including phenoxy) is 1. The molecule has 0 radical (unpaired) electrons. The van der Waals surface area contributed by atoms with Crippen LogP contribution in [0.1, 0.15) is 24.9 Å². The van der Waals surface area contributed by atoms with E-state index in [4.69, 9.17) is 4.74 Å². The third-order valence-electron chi connectivity index (χ3n) is 2.89. The Labute approximate surface area is 130 Å². The van der Waals surface area contributed by atoms with Crippen molar-refractivity contribution in [3.63, 3.8) is 0 Å². The number of nitrogens with zero attached hydrogens (tertiary/aromatic N) is 2. The van der Waals surface area contributed by atoms with E-state index in [1.807, 2.05) is 25.1 Å². The molecule has 0 aliphatic heterocycles. The second kappa shape index (κ2) is 7.51. The Morgan fingerprint density at radius 3 is 2.90 bits per heavy atom. The van der Waals surface area contributed by atoms with Crippen LogP contribution in [0.25, 0.3) is 0 Å².